The summed E-state index contributed by atoms with van der Waals surface area (Å²) in [6.07, 6.45) is 10.3. The van der Waals surface area contributed by atoms with E-state index in [-0.39, 0.29) is 5.60 Å². The van der Waals surface area contributed by atoms with Crippen molar-refractivity contribution < 1.29 is 14.2 Å². The summed E-state index contributed by atoms with van der Waals surface area (Å²) in [7, 11) is 0. The van der Waals surface area contributed by atoms with Crippen LogP contribution in [0.3, 0.4) is 0 Å². The molecule has 0 bridgehead atoms. The first kappa shape index (κ1) is 8.65. The number of rotatable bonds is 0. The van der Waals surface area contributed by atoms with Gasteiger partial charge in [0.15, 0.2) is 0 Å². The minimum absolute atomic E-state index is 0.166. The highest BCUT2D eigenvalue weighted by molar-refractivity contribution is 5.28. The van der Waals surface area contributed by atoms with Gasteiger partial charge in [0.25, 0.3) is 0 Å². The molecule has 2 aliphatic heterocycles. The van der Waals surface area contributed by atoms with E-state index in [1.54, 1.807) is 0 Å². The molecule has 0 aromatic carbocycles. The third-order valence-electron chi connectivity index (χ3n) is 3.02. The Hall–Kier alpha value is -0.640. The molecular formula is C11H14O3. The molecule has 0 atom stereocenters. The lowest BCUT2D eigenvalue weighted by Gasteiger charge is -2.29. The Labute approximate surface area is 83.3 Å². The van der Waals surface area contributed by atoms with Gasteiger partial charge >= 0.3 is 0 Å². The van der Waals surface area contributed by atoms with E-state index in [1.165, 1.54) is 0 Å². The number of hydrogen-bond donors (Lipinski definition) is 0. The molecule has 0 saturated carbocycles. The van der Waals surface area contributed by atoms with Gasteiger partial charge in [-0.15, -0.1) is 0 Å². The van der Waals surface area contributed by atoms with Gasteiger partial charge in [0.2, 0.25) is 5.79 Å². The molecule has 0 amide bonds. The fourth-order valence-electron chi connectivity index (χ4n) is 2.21. The molecule has 0 N–H and O–H groups in total. The van der Waals surface area contributed by atoms with Crippen LogP contribution in [0, 0.1) is 0 Å². The third-order valence-corrected chi connectivity index (χ3v) is 3.02. The van der Waals surface area contributed by atoms with E-state index in [1.807, 2.05) is 12.2 Å². The Kier molecular flexibility index (Phi) is 1.81. The third kappa shape index (κ3) is 1.24. The summed E-state index contributed by atoms with van der Waals surface area (Å²) in [5, 5.41) is 0. The molecule has 0 aromatic rings. The molecule has 3 rings (SSSR count). The summed E-state index contributed by atoms with van der Waals surface area (Å²) in [5.41, 5.74) is -0.166. The highest BCUT2D eigenvalue weighted by Crippen LogP contribution is 2.36. The van der Waals surface area contributed by atoms with Crippen LogP contribution in [-0.4, -0.2) is 31.2 Å². The minimum atomic E-state index is -0.586. The first-order chi connectivity index (χ1) is 6.83. The molecule has 2 saturated heterocycles. The van der Waals surface area contributed by atoms with Gasteiger partial charge in [0.05, 0.1) is 13.2 Å². The fourth-order valence-corrected chi connectivity index (χ4v) is 2.21. The van der Waals surface area contributed by atoms with Crippen molar-refractivity contribution in [1.82, 2.24) is 0 Å². The molecule has 2 heterocycles. The molecule has 3 heteroatoms. The van der Waals surface area contributed by atoms with Crippen molar-refractivity contribution in [2.24, 2.45) is 0 Å². The van der Waals surface area contributed by atoms with Gasteiger partial charge in [-0.05, 0) is 37.1 Å². The Morgan fingerprint density at radius 1 is 0.786 bits per heavy atom. The Bertz CT molecular complexity index is 235. The molecule has 3 nitrogen and oxygen atoms in total. The van der Waals surface area contributed by atoms with Crippen LogP contribution >= 0.6 is 0 Å². The maximum atomic E-state index is 5.70. The van der Waals surface area contributed by atoms with Crippen molar-refractivity contribution in [3.63, 3.8) is 0 Å². The van der Waals surface area contributed by atoms with Crippen molar-refractivity contribution in [1.29, 1.82) is 0 Å². The molecular weight excluding hydrogens is 180 g/mol. The Morgan fingerprint density at radius 2 is 1.50 bits per heavy atom. The molecule has 76 valence electrons. The number of hydrogen-bond acceptors (Lipinski definition) is 3. The van der Waals surface area contributed by atoms with Gasteiger partial charge in [-0.3, -0.25) is 0 Å². The van der Waals surface area contributed by atoms with Crippen LogP contribution in [0.2, 0.25) is 0 Å². The molecule has 3 aliphatic rings. The Balaban J connectivity index is 1.83. The lowest BCUT2D eigenvalue weighted by Crippen LogP contribution is -2.33. The monoisotopic (exact) mass is 194 g/mol. The summed E-state index contributed by atoms with van der Waals surface area (Å²) in [6.45, 7) is 2.19. The zero-order chi connectivity index (χ0) is 9.49. The van der Waals surface area contributed by atoms with Crippen molar-refractivity contribution in [3.8, 4) is 0 Å². The van der Waals surface area contributed by atoms with E-state index < -0.39 is 5.79 Å². The van der Waals surface area contributed by atoms with Crippen LogP contribution in [0.1, 0.15) is 12.8 Å². The van der Waals surface area contributed by atoms with Crippen molar-refractivity contribution in [3.05, 3.63) is 24.3 Å². The topological polar surface area (TPSA) is 27.7 Å². The van der Waals surface area contributed by atoms with Crippen LogP contribution in [0.25, 0.3) is 0 Å². The van der Waals surface area contributed by atoms with Gasteiger partial charge in [0.1, 0.15) is 5.60 Å². The molecule has 2 fully saturated rings. The standard InChI is InChI=1S/C11H14O3/c1-2-10(12-7-1)3-5-11(6-4-10)13-8-9-14-11/h3-6H,1-2,7-9H2. The fraction of sp³-hybridized carbons (Fsp3) is 0.636. The number of ether oxygens (including phenoxy) is 3. The second-order valence-corrected chi connectivity index (χ2v) is 3.99. The largest absolute Gasteiger partial charge is 0.367 e. The predicted molar refractivity (Wildman–Crippen MR) is 50.8 cm³/mol. The maximum absolute atomic E-state index is 5.70. The van der Waals surface area contributed by atoms with Gasteiger partial charge in [0, 0.05) is 6.61 Å². The van der Waals surface area contributed by atoms with E-state index in [4.69, 9.17) is 14.2 Å². The van der Waals surface area contributed by atoms with Gasteiger partial charge < -0.3 is 14.2 Å². The molecule has 2 spiro atoms. The smallest absolute Gasteiger partial charge is 0.208 e. The maximum Gasteiger partial charge on any atom is 0.208 e. The predicted octanol–water partition coefficient (Wildman–Crippen LogP) is 1.40. The molecule has 1 aliphatic carbocycles. The van der Waals surface area contributed by atoms with E-state index in [2.05, 4.69) is 12.2 Å². The highest BCUT2D eigenvalue weighted by atomic mass is 16.7. The van der Waals surface area contributed by atoms with E-state index >= 15 is 0 Å². The van der Waals surface area contributed by atoms with E-state index in [0.717, 1.165) is 19.4 Å². The van der Waals surface area contributed by atoms with Crippen LogP contribution < -0.4 is 0 Å². The van der Waals surface area contributed by atoms with E-state index in [0.29, 0.717) is 13.2 Å². The van der Waals surface area contributed by atoms with E-state index in [9.17, 15) is 0 Å². The van der Waals surface area contributed by atoms with Gasteiger partial charge in [-0.2, -0.15) is 0 Å². The minimum Gasteiger partial charge on any atom is -0.367 e. The summed E-state index contributed by atoms with van der Waals surface area (Å²) < 4.78 is 16.8. The summed E-state index contributed by atoms with van der Waals surface area (Å²) in [4.78, 5) is 0. The summed E-state index contributed by atoms with van der Waals surface area (Å²) in [5.74, 6) is -0.586. The summed E-state index contributed by atoms with van der Waals surface area (Å²) >= 11 is 0. The lowest BCUT2D eigenvalue weighted by atomic mass is 9.93. The zero-order valence-corrected chi connectivity index (χ0v) is 8.07. The van der Waals surface area contributed by atoms with Crippen LogP contribution in [-0.2, 0) is 14.2 Å². The van der Waals surface area contributed by atoms with Crippen molar-refractivity contribution >= 4 is 0 Å². The summed E-state index contributed by atoms with van der Waals surface area (Å²) in [6, 6.07) is 0. The highest BCUT2D eigenvalue weighted by Gasteiger charge is 2.39. The van der Waals surface area contributed by atoms with Crippen molar-refractivity contribution in [2.45, 2.75) is 24.2 Å². The van der Waals surface area contributed by atoms with Crippen molar-refractivity contribution in [2.75, 3.05) is 19.8 Å². The molecule has 0 unspecified atom stereocenters. The van der Waals surface area contributed by atoms with Crippen LogP contribution in [0.5, 0.6) is 0 Å². The lowest BCUT2D eigenvalue weighted by molar-refractivity contribution is -0.0793. The average molecular weight is 194 g/mol. The molecule has 0 radical (unpaired) electrons. The Morgan fingerprint density at radius 3 is 2.07 bits per heavy atom. The second kappa shape index (κ2) is 2.92. The van der Waals surface area contributed by atoms with Crippen LogP contribution in [0.4, 0.5) is 0 Å². The SMILES string of the molecule is C1=CC2(C=CC13CCCO3)OCCO2. The van der Waals surface area contributed by atoms with Crippen LogP contribution in [0.15, 0.2) is 24.3 Å². The molecule has 14 heavy (non-hydrogen) atoms. The first-order valence-electron chi connectivity index (χ1n) is 5.15. The van der Waals surface area contributed by atoms with Gasteiger partial charge in [-0.1, -0.05) is 0 Å². The average Bonchev–Trinajstić information content (AvgIpc) is 2.81. The normalized spacial score (nSPS) is 32.0. The van der Waals surface area contributed by atoms with Gasteiger partial charge in [-0.25, -0.2) is 0 Å². The zero-order valence-electron chi connectivity index (χ0n) is 8.07. The molecule has 0 aromatic heterocycles. The second-order valence-electron chi connectivity index (χ2n) is 3.99. The first-order valence-corrected chi connectivity index (χ1v) is 5.15. The quantitative estimate of drug-likeness (QED) is 0.546.